The molecule has 0 amide bonds. The van der Waals surface area contributed by atoms with Crippen molar-refractivity contribution in [3.05, 3.63) is 0 Å². The van der Waals surface area contributed by atoms with Gasteiger partial charge in [-0.2, -0.15) is 0 Å². The molecular formula is H130B128. The molecule has 0 radical (unpaired) electrons. The molecule has 0 aromatic carbocycles. The van der Waals surface area contributed by atoms with Crippen LogP contribution in [0.15, 0.2) is 0 Å². The zero-order chi connectivity index (χ0) is 101. The van der Waals surface area contributed by atoms with E-state index in [0.717, 1.165) is 0 Å². The van der Waals surface area contributed by atoms with Crippen molar-refractivity contribution in [1.82, 2.24) is 0 Å². The van der Waals surface area contributed by atoms with E-state index in [4.69, 9.17) is 0 Å². The van der Waals surface area contributed by atoms with E-state index < -0.39 is 0 Å². The fourth-order valence-corrected chi connectivity index (χ4v) is 37.5. The van der Waals surface area contributed by atoms with Crippen molar-refractivity contribution in [2.24, 2.45) is 0 Å². The Labute approximate surface area is 895 Å². The monoisotopic (exact) mass is 1540 g/mol. The molecule has 0 heterocycles. The number of rotatable bonds is 62. The Morgan fingerprint density at radius 3 is 0.141 bits per heavy atom. The average Bonchev–Trinajstić information content (AvgIpc) is 0.698. The summed E-state index contributed by atoms with van der Waals surface area (Å²) in [6.45, 7) is 0. The second-order valence-electron chi connectivity index (χ2n) is 58.0. The van der Waals surface area contributed by atoms with Crippen LogP contribution in [0.5, 0.6) is 0 Å². The van der Waals surface area contributed by atoms with Crippen LogP contribution in [-0.4, -0.2) is 905 Å². The summed E-state index contributed by atoms with van der Waals surface area (Å²) in [5, 5.41) is 0. The Hall–Kier alpha value is 8.31. The van der Waals surface area contributed by atoms with E-state index >= 15 is 0 Å². The minimum atomic E-state index is 0.297. The Kier molecular flexibility index (Phi) is 66.8. The molecule has 0 spiro atoms. The van der Waals surface area contributed by atoms with E-state index in [1.54, 1.807) is 0 Å². The molecule has 0 aliphatic rings. The van der Waals surface area contributed by atoms with E-state index in [2.05, 4.69) is 503 Å². The zero-order valence-electron chi connectivity index (χ0n) is 101. The lowest BCUT2D eigenvalue weighted by Crippen LogP contribution is -3.03. The van der Waals surface area contributed by atoms with Gasteiger partial charge in [-0.3, -0.25) is 0 Å². The average molecular weight is 1510 g/mol. The van der Waals surface area contributed by atoms with Crippen molar-refractivity contribution in [1.29, 1.82) is 0 Å². The van der Waals surface area contributed by atoms with Gasteiger partial charge in [-0.15, -0.1) is 0 Å². The lowest BCUT2D eigenvalue weighted by molar-refractivity contribution is 3.11. The van der Waals surface area contributed by atoms with Crippen LogP contribution < -0.4 is 0 Å². The van der Waals surface area contributed by atoms with Gasteiger partial charge in [0.1, 0.15) is 0 Å². The highest BCUT2D eigenvalue weighted by molar-refractivity contribution is 8.47. The highest BCUT2D eigenvalue weighted by Gasteiger charge is 2.72. The summed E-state index contributed by atoms with van der Waals surface area (Å²) < 4.78 is 0. The lowest BCUT2D eigenvalue weighted by Gasteiger charge is -2.64. The third kappa shape index (κ3) is 36.3. The van der Waals surface area contributed by atoms with E-state index in [1.165, 1.54) is 0 Å². The smallest absolute Gasteiger partial charge is 0.000000109 e. The molecule has 0 aromatic heterocycles. The SMILES string of the molecule is BB(B)B(B)B(B(B)B)B(B(B(B)B)B(B)B)B(B(B(B(B)B)B(B)B)B(B(B)B)B(B)B)B(B(B(B(B(B)B)B(B)B)B(B(B)B)B(B)B)B(B(B(B)B)B(B)B)B(B(B)B)B(B)B)B(B(B(B(B(B)B)B(B)B)B(B(B)B)B(B)B)B(B(B(B)B)B(B)B)B(B(B)B)B(B)B)B(B(B(B(B)B)B(B)B)B(B(B)B)B(B)B)B(B(B(B)B)B(B)B)B(B(B)B)B(B)B. The normalized spacial score (nSPS) is 9.88. The molecule has 0 nitrogen and oxygen atoms in total. The molecular weight excluding hydrogens is 1380 g/mol. The van der Waals surface area contributed by atoms with E-state index in [9.17, 15) is 0 Å². The molecule has 0 aliphatic heterocycles. The Bertz CT molecular complexity index is 2180. The van der Waals surface area contributed by atoms with Gasteiger partial charge in [0.25, 0.3) is 0 Å². The summed E-state index contributed by atoms with van der Waals surface area (Å²) in [6.07, 6.45) is 28.5. The third-order valence-corrected chi connectivity index (χ3v) is 38.4. The van der Waals surface area contributed by atoms with Crippen molar-refractivity contribution in [2.45, 2.75) is 0 Å². The molecule has 0 saturated heterocycles. The summed E-state index contributed by atoms with van der Waals surface area (Å²) in [7, 11) is 186. The summed E-state index contributed by atoms with van der Waals surface area (Å²) >= 11 is 0. The fraction of sp³-hybridized carbons (Fsp3) is 0. The predicted octanol–water partition coefficient (Wildman–Crippen LogP) is -83.5. The molecule has 128 heteroatoms. The summed E-state index contributed by atoms with van der Waals surface area (Å²) in [5.74, 6) is 0. The molecule has 0 aromatic rings. The predicted molar refractivity (Wildman–Crippen MR) is 918 cm³/mol. The van der Waals surface area contributed by atoms with Crippen molar-refractivity contribution in [3.8, 4) is 0 Å². The van der Waals surface area contributed by atoms with Crippen molar-refractivity contribution in [2.75, 3.05) is 0 Å². The third-order valence-electron chi connectivity index (χ3n) is 38.4. The van der Waals surface area contributed by atoms with Crippen molar-refractivity contribution >= 4 is 905 Å². The minimum absolute atomic E-state index is 0.297. The van der Waals surface area contributed by atoms with Gasteiger partial charge in [-0.05, 0) is 0 Å². The van der Waals surface area contributed by atoms with Crippen molar-refractivity contribution < 1.29 is 0 Å². The van der Waals surface area contributed by atoms with E-state index in [1.807, 2.05) is 0 Å². The summed E-state index contributed by atoms with van der Waals surface area (Å²) in [4.78, 5) is 0. The molecule has 514 valence electrons. The molecule has 0 N–H and O–H groups in total. The van der Waals surface area contributed by atoms with Crippen LogP contribution in [0.3, 0.4) is 0 Å². The first kappa shape index (κ1) is 136. The van der Waals surface area contributed by atoms with E-state index in [-0.39, 0.29) is 0 Å². The number of hydrogen-bond donors (Lipinski definition) is 0. The molecule has 0 bridgehead atoms. The molecule has 0 saturated carbocycles. The first-order chi connectivity index (χ1) is 58.2. The highest BCUT2D eigenvalue weighted by atomic mass is 13.5. The van der Waals surface area contributed by atoms with Crippen LogP contribution in [0.4, 0.5) is 0 Å². The molecule has 0 aliphatic carbocycles. The first-order valence-corrected chi connectivity index (χ1v) is 58.2. The fourth-order valence-electron chi connectivity index (χ4n) is 37.5. The quantitative estimate of drug-likeness (QED) is 0.0533. The Morgan fingerprint density at radius 1 is 0.0469 bits per heavy atom. The molecule has 0 atom stereocenters. The first-order valence-electron chi connectivity index (χ1n) is 58.2. The van der Waals surface area contributed by atoms with Gasteiger partial charge in [0, 0.05) is 402 Å². The van der Waals surface area contributed by atoms with Crippen molar-refractivity contribution in [3.63, 3.8) is 0 Å². The lowest BCUT2D eigenvalue weighted by atomic mass is 8.16. The largest absolute Gasteiger partial charge is 0.0552 e. The van der Waals surface area contributed by atoms with Gasteiger partial charge in [-0.1, -0.05) is 0 Å². The molecule has 0 rings (SSSR count). The molecule has 0 unspecified atom stereocenters. The van der Waals surface area contributed by atoms with Gasteiger partial charge in [0.2, 0.25) is 0 Å². The summed E-state index contributed by atoms with van der Waals surface area (Å²) in [6, 6.07) is 0. The van der Waals surface area contributed by atoms with Gasteiger partial charge >= 0.3 is 0 Å². The minimum Gasteiger partial charge on any atom is 0.000000109 e. The van der Waals surface area contributed by atoms with Crippen LogP contribution in [0.1, 0.15) is 0 Å². The second-order valence-corrected chi connectivity index (χ2v) is 58.0. The number of hydrogen-bond acceptors (Lipinski definition) is 0. The van der Waals surface area contributed by atoms with Crippen LogP contribution in [0.25, 0.3) is 0 Å². The van der Waals surface area contributed by atoms with Gasteiger partial charge in [-0.25, -0.2) is 0 Å². The Balaban J connectivity index is 17.3. The maximum Gasteiger partial charge on any atom is 0.0552 e. The standard InChI is InChI=1S/B128H130/c1-66(2)98(65)114(97(63)64)122(113(95(59)60)96(61)62)126(121(111(91(51)52)92(53)54)112(93(55)56)94(57)58)128(125(119(107(83(35)36)84(37)38)108(85(39)40)86(41)42)120(109(87(43)44)88(45)46)110(89(47)48)90(49)50)127(123(115(99(67(3)4)68(5)6)100(69(7)8)70(9)10)116(101(71(11)12)72(13)14)102(73(15)16)74(17)18)124(117(103(75(19)20)76(21)22)104(77(23)24)78(25)26)118(105(79(27)28)80(29)30)106(81(31)32)82(33)34/h1-65H2. The highest BCUT2D eigenvalue weighted by Crippen LogP contribution is 2.33. The van der Waals surface area contributed by atoms with Gasteiger partial charge in [0.15, 0.2) is 0 Å². The van der Waals surface area contributed by atoms with Gasteiger partial charge in [0.05, 0.1) is 503 Å². The van der Waals surface area contributed by atoms with Gasteiger partial charge < -0.3 is 0 Å². The maximum absolute atomic E-state index is 2.92. The van der Waals surface area contributed by atoms with Crippen LogP contribution in [0.2, 0.25) is 0 Å². The molecule has 0 fully saturated rings. The van der Waals surface area contributed by atoms with Crippen LogP contribution in [0, 0.1) is 0 Å². The Morgan fingerprint density at radius 2 is 0.0938 bits per heavy atom. The summed E-state index contributed by atoms with van der Waals surface area (Å²) in [5.41, 5.74) is 0. The zero-order valence-corrected chi connectivity index (χ0v) is 101. The molecule has 128 heavy (non-hydrogen) atoms. The van der Waals surface area contributed by atoms with Crippen LogP contribution >= 0.6 is 0 Å². The second kappa shape index (κ2) is 62.7. The topological polar surface area (TPSA) is 0 Å². The maximum atomic E-state index is 2.92. The van der Waals surface area contributed by atoms with Crippen LogP contribution in [-0.2, 0) is 0 Å². The van der Waals surface area contributed by atoms with E-state index in [0.29, 0.717) is 402 Å².